The molecule has 0 aromatic carbocycles. The average Bonchev–Trinajstić information content (AvgIpc) is 1.68. The molecule has 0 aromatic rings. The van der Waals surface area contributed by atoms with Crippen molar-refractivity contribution < 1.29 is 9.46 Å². The first-order valence-electron chi connectivity index (χ1n) is 1.39. The zero-order valence-corrected chi connectivity index (χ0v) is 7.73. The Morgan fingerprint density at radius 3 is 1.22 bits per heavy atom. The Labute approximate surface area is 73.6 Å². The third-order valence-corrected chi connectivity index (χ3v) is 1.29. The van der Waals surface area contributed by atoms with E-state index in [4.69, 9.17) is 55.9 Å². The van der Waals surface area contributed by atoms with Crippen LogP contribution in [0.15, 0.2) is 8.98 Å². The van der Waals surface area contributed by atoms with Gasteiger partial charge in [0.25, 0.3) is 0 Å². The Bertz CT molecular complexity index is 95.1. The van der Waals surface area contributed by atoms with E-state index >= 15 is 0 Å². The van der Waals surface area contributed by atoms with Crippen LogP contribution in [0.25, 0.3) is 0 Å². The molecule has 0 saturated carbocycles. The van der Waals surface area contributed by atoms with Crippen molar-refractivity contribution in [2.45, 2.75) is 0 Å². The predicted octanol–water partition coefficient (Wildman–Crippen LogP) is 3.25. The summed E-state index contributed by atoms with van der Waals surface area (Å²) in [7, 11) is -0.833. The molecule has 7 heteroatoms. The quantitative estimate of drug-likeness (QED) is 0.648. The summed E-state index contributed by atoms with van der Waals surface area (Å²) < 4.78 is 8.26. The summed E-state index contributed by atoms with van der Waals surface area (Å²) in [5.74, 6) is 0. The van der Waals surface area contributed by atoms with E-state index in [1.807, 2.05) is 0 Å². The summed E-state index contributed by atoms with van der Waals surface area (Å²) >= 11 is 20.0. The molecule has 0 aliphatic carbocycles. The highest BCUT2D eigenvalue weighted by atomic mass is 35.5. The fourth-order valence-electron chi connectivity index (χ4n) is 0. The van der Waals surface area contributed by atoms with Crippen LogP contribution in [0.5, 0.6) is 0 Å². The Hall–Kier alpha value is 0.960. The number of hydrogen-bond acceptors (Lipinski definition) is 1. The molecule has 0 aliphatic heterocycles. The lowest BCUT2D eigenvalue weighted by atomic mass is 11.2. The maximum Gasteiger partial charge on any atom is 0.324 e. The molecule has 54 valence electrons. The van der Waals surface area contributed by atoms with E-state index in [1.54, 1.807) is 0 Å². The van der Waals surface area contributed by atoms with Crippen molar-refractivity contribution in [1.82, 2.24) is 0 Å². The van der Waals surface area contributed by atoms with E-state index in [2.05, 4.69) is 0 Å². The summed E-state index contributed by atoms with van der Waals surface area (Å²) in [5, 5.41) is 0. The van der Waals surface area contributed by atoms with E-state index in [0.29, 0.717) is 0 Å². The molecule has 9 heavy (non-hydrogen) atoms. The van der Waals surface area contributed by atoms with E-state index in [1.165, 1.54) is 0 Å². The fraction of sp³-hybridized carbons (Fsp3) is 0. The topological polar surface area (TPSA) is 37.3 Å². The van der Waals surface area contributed by atoms with Crippen LogP contribution in [0, 0.1) is 0 Å². The second kappa shape index (κ2) is 8.96. The van der Waals surface area contributed by atoms with Gasteiger partial charge < -0.3 is 4.89 Å². The van der Waals surface area contributed by atoms with Crippen LogP contribution in [0.4, 0.5) is 0 Å². The molecule has 0 aromatic heterocycles. The maximum atomic E-state index is 8.46. The van der Waals surface area contributed by atoms with Crippen LogP contribution in [0.1, 0.15) is 0 Å². The third-order valence-electron chi connectivity index (χ3n) is 0.143. The van der Waals surface area contributed by atoms with Crippen molar-refractivity contribution in [3.8, 4) is 0 Å². The molecule has 0 unspecified atom stereocenters. The van der Waals surface area contributed by atoms with Crippen LogP contribution in [0.3, 0.4) is 0 Å². The van der Waals surface area contributed by atoms with Gasteiger partial charge in [0.15, 0.2) is 0 Å². The summed E-state index contributed by atoms with van der Waals surface area (Å²) in [6, 6.07) is 0. The molecule has 0 saturated heterocycles. The first kappa shape index (κ1) is 12.6. The Morgan fingerprint density at radius 2 is 1.22 bits per heavy atom. The van der Waals surface area contributed by atoms with Gasteiger partial charge in [-0.15, -0.1) is 0 Å². The largest absolute Gasteiger partial charge is 0.324 e. The summed E-state index contributed by atoms with van der Waals surface area (Å²) in [6.07, 6.45) is 0. The molecule has 2 nitrogen and oxygen atoms in total. The van der Waals surface area contributed by atoms with E-state index < -0.39 is 8.69 Å². The van der Waals surface area contributed by atoms with Crippen LogP contribution in [-0.4, -0.2) is 4.89 Å². The van der Waals surface area contributed by atoms with Gasteiger partial charge in [0.1, 0.15) is 8.98 Å². The third kappa shape index (κ3) is 17.6. The standard InChI is InChI=1S/C2Cl4.HO2P/c3-1(4)2(5)6;1-3-2/h;(H,1,2). The van der Waals surface area contributed by atoms with Gasteiger partial charge in [0.2, 0.25) is 0 Å². The highest BCUT2D eigenvalue weighted by molar-refractivity contribution is 7.16. The normalized spacial score (nSPS) is 7.67. The molecule has 0 bridgehead atoms. The molecule has 0 rings (SSSR count). The van der Waals surface area contributed by atoms with Gasteiger partial charge in [0.05, 0.1) is 0 Å². The molecular formula is C2HCl4O2P. The van der Waals surface area contributed by atoms with E-state index in [9.17, 15) is 0 Å². The van der Waals surface area contributed by atoms with Crippen molar-refractivity contribution in [2.24, 2.45) is 0 Å². The molecule has 0 fully saturated rings. The van der Waals surface area contributed by atoms with Crippen molar-refractivity contribution in [3.05, 3.63) is 8.98 Å². The first-order valence-corrected chi connectivity index (χ1v) is 3.67. The molecule has 0 atom stereocenters. The maximum absolute atomic E-state index is 8.46. The highest BCUT2D eigenvalue weighted by Crippen LogP contribution is 2.20. The minimum Gasteiger partial charge on any atom is -0.310 e. The highest BCUT2D eigenvalue weighted by Gasteiger charge is 1.88. The van der Waals surface area contributed by atoms with E-state index in [-0.39, 0.29) is 8.98 Å². The van der Waals surface area contributed by atoms with Crippen molar-refractivity contribution in [2.75, 3.05) is 0 Å². The van der Waals surface area contributed by atoms with Crippen LogP contribution < -0.4 is 0 Å². The molecule has 0 aliphatic rings. The number of halogens is 4. The summed E-state index contributed by atoms with van der Waals surface area (Å²) in [5.41, 5.74) is 0. The van der Waals surface area contributed by atoms with Gasteiger partial charge >= 0.3 is 8.69 Å². The van der Waals surface area contributed by atoms with Gasteiger partial charge in [-0.2, -0.15) is 0 Å². The van der Waals surface area contributed by atoms with Gasteiger partial charge in [-0.25, -0.2) is 4.57 Å². The average molecular weight is 230 g/mol. The monoisotopic (exact) mass is 228 g/mol. The van der Waals surface area contributed by atoms with Crippen molar-refractivity contribution >= 4 is 55.1 Å². The molecule has 0 heterocycles. The molecular weight excluding hydrogens is 229 g/mol. The summed E-state index contributed by atoms with van der Waals surface area (Å²) in [4.78, 5) is 6.99. The second-order valence-corrected chi connectivity index (χ2v) is 2.66. The Balaban J connectivity index is 0. The molecule has 0 radical (unpaired) electrons. The minimum atomic E-state index is -0.833. The first-order chi connectivity index (χ1) is 4.06. The lowest BCUT2D eigenvalue weighted by Gasteiger charge is -1.75. The zero-order chi connectivity index (χ0) is 7.86. The smallest absolute Gasteiger partial charge is 0.310 e. The molecule has 0 amide bonds. The lowest BCUT2D eigenvalue weighted by molar-refractivity contribution is 0.524. The summed E-state index contributed by atoms with van der Waals surface area (Å²) in [6.45, 7) is 0. The second-order valence-electron chi connectivity index (χ2n) is 0.602. The van der Waals surface area contributed by atoms with Crippen LogP contribution in [-0.2, 0) is 4.57 Å². The van der Waals surface area contributed by atoms with Crippen LogP contribution >= 0.6 is 55.1 Å². The van der Waals surface area contributed by atoms with Crippen LogP contribution in [0.2, 0.25) is 0 Å². The van der Waals surface area contributed by atoms with Gasteiger partial charge in [-0.3, -0.25) is 0 Å². The van der Waals surface area contributed by atoms with Gasteiger partial charge in [-0.1, -0.05) is 46.4 Å². The number of hydrogen-bond donors (Lipinski definition) is 1. The number of rotatable bonds is 0. The van der Waals surface area contributed by atoms with Gasteiger partial charge in [0, 0.05) is 0 Å². The SMILES string of the molecule is ClC(Cl)=C(Cl)Cl.O=PO. The molecule has 0 spiro atoms. The Morgan fingerprint density at radius 1 is 1.11 bits per heavy atom. The van der Waals surface area contributed by atoms with Gasteiger partial charge in [-0.05, 0) is 0 Å². The minimum absolute atomic E-state index is 0.0988. The van der Waals surface area contributed by atoms with Crippen molar-refractivity contribution in [3.63, 3.8) is 0 Å². The predicted molar refractivity (Wildman–Crippen MR) is 40.3 cm³/mol. The molecule has 1 N–H and O–H groups in total. The zero-order valence-electron chi connectivity index (χ0n) is 3.81. The Kier molecular flexibility index (Phi) is 12.6. The fourth-order valence-corrected chi connectivity index (χ4v) is 0. The van der Waals surface area contributed by atoms with Crippen molar-refractivity contribution in [1.29, 1.82) is 0 Å². The lowest BCUT2D eigenvalue weighted by Crippen LogP contribution is -1.47. The van der Waals surface area contributed by atoms with E-state index in [0.717, 1.165) is 0 Å².